The third-order valence-electron chi connectivity index (χ3n) is 1.65. The van der Waals surface area contributed by atoms with Crippen molar-refractivity contribution < 1.29 is 19.0 Å². The van der Waals surface area contributed by atoms with Crippen LogP contribution in [-0.2, 0) is 4.74 Å². The van der Waals surface area contributed by atoms with Gasteiger partial charge >= 0.3 is 6.09 Å². The summed E-state index contributed by atoms with van der Waals surface area (Å²) in [6, 6.07) is 7.21. The third-order valence-corrected chi connectivity index (χ3v) is 1.65. The van der Waals surface area contributed by atoms with Gasteiger partial charge in [-0.15, -0.1) is 0 Å². The van der Waals surface area contributed by atoms with Crippen LogP contribution in [0.1, 0.15) is 0 Å². The van der Waals surface area contributed by atoms with Gasteiger partial charge in [-0.3, -0.25) is 0 Å². The summed E-state index contributed by atoms with van der Waals surface area (Å²) in [7, 11) is 1.56. The summed E-state index contributed by atoms with van der Waals surface area (Å²) in [5, 5.41) is 0. The molecule has 0 saturated carbocycles. The maximum atomic E-state index is 10.3. The molecular formula is C10H13NO4. The molecule has 82 valence electrons. The molecule has 0 aliphatic carbocycles. The molecule has 5 nitrogen and oxygen atoms in total. The zero-order valence-corrected chi connectivity index (χ0v) is 8.43. The Kier molecular flexibility index (Phi) is 4.28. The van der Waals surface area contributed by atoms with Gasteiger partial charge in [-0.25, -0.2) is 4.79 Å². The molecule has 5 heteroatoms. The third kappa shape index (κ3) is 3.76. The second-order valence-corrected chi connectivity index (χ2v) is 2.67. The number of hydrogen-bond acceptors (Lipinski definition) is 4. The summed E-state index contributed by atoms with van der Waals surface area (Å²) < 4.78 is 14.9. The van der Waals surface area contributed by atoms with Crippen LogP contribution < -0.4 is 15.2 Å². The van der Waals surface area contributed by atoms with Gasteiger partial charge in [-0.1, -0.05) is 12.1 Å². The summed E-state index contributed by atoms with van der Waals surface area (Å²) >= 11 is 0. The molecule has 0 fully saturated rings. The fourth-order valence-corrected chi connectivity index (χ4v) is 1.03. The van der Waals surface area contributed by atoms with Gasteiger partial charge in [0, 0.05) is 0 Å². The van der Waals surface area contributed by atoms with E-state index in [4.69, 9.17) is 15.2 Å². The van der Waals surface area contributed by atoms with E-state index in [1.54, 1.807) is 19.2 Å². The summed E-state index contributed by atoms with van der Waals surface area (Å²) in [6.07, 6.45) is -0.807. The zero-order chi connectivity index (χ0) is 11.1. The van der Waals surface area contributed by atoms with Crippen molar-refractivity contribution in [3.63, 3.8) is 0 Å². The standard InChI is InChI=1S/C10H13NO4/c1-13-8-4-2-3-5-9(8)14-6-7-15-10(11)12/h2-5H,6-7H2,1H3,(H2,11,12). The Morgan fingerprint density at radius 3 is 2.53 bits per heavy atom. The van der Waals surface area contributed by atoms with Crippen molar-refractivity contribution in [2.75, 3.05) is 20.3 Å². The maximum Gasteiger partial charge on any atom is 0.404 e. The van der Waals surface area contributed by atoms with Crippen LogP contribution in [0.25, 0.3) is 0 Å². The highest BCUT2D eigenvalue weighted by molar-refractivity contribution is 5.64. The van der Waals surface area contributed by atoms with Crippen LogP contribution >= 0.6 is 0 Å². The summed E-state index contributed by atoms with van der Waals surface area (Å²) in [5.41, 5.74) is 4.79. The second-order valence-electron chi connectivity index (χ2n) is 2.67. The first-order valence-corrected chi connectivity index (χ1v) is 4.42. The van der Waals surface area contributed by atoms with Crippen molar-refractivity contribution in [2.24, 2.45) is 5.73 Å². The molecule has 1 aromatic rings. The first kappa shape index (κ1) is 11.2. The quantitative estimate of drug-likeness (QED) is 0.742. The predicted octanol–water partition coefficient (Wildman–Crippen LogP) is 1.17. The van der Waals surface area contributed by atoms with E-state index in [1.807, 2.05) is 12.1 Å². The molecular weight excluding hydrogens is 198 g/mol. The van der Waals surface area contributed by atoms with E-state index >= 15 is 0 Å². The highest BCUT2D eigenvalue weighted by Crippen LogP contribution is 2.25. The van der Waals surface area contributed by atoms with Gasteiger partial charge in [0.2, 0.25) is 0 Å². The monoisotopic (exact) mass is 211 g/mol. The highest BCUT2D eigenvalue weighted by Gasteiger charge is 2.02. The molecule has 0 heterocycles. The molecule has 0 saturated heterocycles. The van der Waals surface area contributed by atoms with Crippen LogP contribution in [-0.4, -0.2) is 26.4 Å². The van der Waals surface area contributed by atoms with Crippen LogP contribution in [0.15, 0.2) is 24.3 Å². The Morgan fingerprint density at radius 1 is 1.27 bits per heavy atom. The molecule has 0 aliphatic rings. The Labute approximate surface area is 87.7 Å². The Balaban J connectivity index is 2.39. The molecule has 1 amide bonds. The van der Waals surface area contributed by atoms with Crippen molar-refractivity contribution in [1.82, 2.24) is 0 Å². The second kappa shape index (κ2) is 5.74. The lowest BCUT2D eigenvalue weighted by molar-refractivity contribution is 0.132. The zero-order valence-electron chi connectivity index (χ0n) is 8.43. The van der Waals surface area contributed by atoms with Gasteiger partial charge in [-0.2, -0.15) is 0 Å². The summed E-state index contributed by atoms with van der Waals surface area (Å²) in [5.74, 6) is 1.24. The van der Waals surface area contributed by atoms with Gasteiger partial charge < -0.3 is 19.9 Å². The number of primary amides is 1. The minimum Gasteiger partial charge on any atom is -0.493 e. The normalized spacial score (nSPS) is 9.40. The number of nitrogens with two attached hydrogens (primary N) is 1. The minimum atomic E-state index is -0.807. The molecule has 1 aromatic carbocycles. The summed E-state index contributed by atoms with van der Waals surface area (Å²) in [6.45, 7) is 0.358. The number of carbonyl (C=O) groups excluding carboxylic acids is 1. The lowest BCUT2D eigenvalue weighted by atomic mass is 10.3. The summed E-state index contributed by atoms with van der Waals surface area (Å²) in [4.78, 5) is 10.3. The molecule has 0 unspecified atom stereocenters. The Morgan fingerprint density at radius 2 is 1.93 bits per heavy atom. The van der Waals surface area contributed by atoms with E-state index in [0.29, 0.717) is 11.5 Å². The Bertz CT molecular complexity index is 327. The van der Waals surface area contributed by atoms with Crippen LogP contribution in [0.2, 0.25) is 0 Å². The average Bonchev–Trinajstić information content (AvgIpc) is 2.24. The van der Waals surface area contributed by atoms with E-state index < -0.39 is 6.09 Å². The predicted molar refractivity (Wildman–Crippen MR) is 54.0 cm³/mol. The molecule has 0 spiro atoms. The van der Waals surface area contributed by atoms with E-state index in [-0.39, 0.29) is 13.2 Å². The fraction of sp³-hybridized carbons (Fsp3) is 0.300. The van der Waals surface area contributed by atoms with Crippen LogP contribution in [0.4, 0.5) is 4.79 Å². The Hall–Kier alpha value is -1.91. The van der Waals surface area contributed by atoms with Gasteiger partial charge in [0.25, 0.3) is 0 Å². The van der Waals surface area contributed by atoms with Crippen molar-refractivity contribution >= 4 is 6.09 Å². The molecule has 0 bridgehead atoms. The molecule has 0 radical (unpaired) electrons. The number of amides is 1. The molecule has 0 atom stereocenters. The van der Waals surface area contributed by atoms with Gasteiger partial charge in [0.1, 0.15) is 13.2 Å². The SMILES string of the molecule is COc1ccccc1OCCOC(N)=O. The minimum absolute atomic E-state index is 0.118. The molecule has 0 aromatic heterocycles. The van der Waals surface area contributed by atoms with Crippen molar-refractivity contribution in [1.29, 1.82) is 0 Å². The topological polar surface area (TPSA) is 70.8 Å². The number of rotatable bonds is 5. The first-order chi connectivity index (χ1) is 7.24. The largest absolute Gasteiger partial charge is 0.493 e. The molecule has 0 aliphatic heterocycles. The van der Waals surface area contributed by atoms with Crippen molar-refractivity contribution in [2.45, 2.75) is 0 Å². The number of methoxy groups -OCH3 is 1. The van der Waals surface area contributed by atoms with Crippen LogP contribution in [0, 0.1) is 0 Å². The smallest absolute Gasteiger partial charge is 0.404 e. The van der Waals surface area contributed by atoms with E-state index in [1.165, 1.54) is 0 Å². The molecule has 15 heavy (non-hydrogen) atoms. The van der Waals surface area contributed by atoms with E-state index in [2.05, 4.69) is 4.74 Å². The number of benzene rings is 1. The number of para-hydroxylation sites is 2. The average molecular weight is 211 g/mol. The lowest BCUT2D eigenvalue weighted by Crippen LogP contribution is -2.17. The van der Waals surface area contributed by atoms with Gasteiger partial charge in [0.15, 0.2) is 11.5 Å². The number of carbonyl (C=O) groups is 1. The van der Waals surface area contributed by atoms with Gasteiger partial charge in [-0.05, 0) is 12.1 Å². The first-order valence-electron chi connectivity index (χ1n) is 4.42. The van der Waals surface area contributed by atoms with E-state index in [0.717, 1.165) is 0 Å². The number of ether oxygens (including phenoxy) is 3. The van der Waals surface area contributed by atoms with Crippen LogP contribution in [0.5, 0.6) is 11.5 Å². The van der Waals surface area contributed by atoms with E-state index in [9.17, 15) is 4.79 Å². The fourth-order valence-electron chi connectivity index (χ4n) is 1.03. The highest BCUT2D eigenvalue weighted by atomic mass is 16.6. The maximum absolute atomic E-state index is 10.3. The molecule has 1 rings (SSSR count). The van der Waals surface area contributed by atoms with Crippen LogP contribution in [0.3, 0.4) is 0 Å². The van der Waals surface area contributed by atoms with Crippen molar-refractivity contribution in [3.05, 3.63) is 24.3 Å². The molecule has 2 N–H and O–H groups in total. The van der Waals surface area contributed by atoms with Gasteiger partial charge in [0.05, 0.1) is 7.11 Å². The number of hydrogen-bond donors (Lipinski definition) is 1. The lowest BCUT2D eigenvalue weighted by Gasteiger charge is -2.09. The van der Waals surface area contributed by atoms with Crippen molar-refractivity contribution in [3.8, 4) is 11.5 Å².